The average Bonchev–Trinajstić information content (AvgIpc) is 3.11. The summed E-state index contributed by atoms with van der Waals surface area (Å²) >= 11 is 0. The van der Waals surface area contributed by atoms with E-state index in [4.69, 9.17) is 4.42 Å². The van der Waals surface area contributed by atoms with Gasteiger partial charge in [-0.05, 0) is 24.6 Å². The summed E-state index contributed by atoms with van der Waals surface area (Å²) in [6, 6.07) is 15.7. The van der Waals surface area contributed by atoms with Crippen molar-refractivity contribution in [3.05, 3.63) is 60.1 Å². The molecule has 1 aromatic carbocycles. The Kier molecular flexibility index (Phi) is 3.26. The summed E-state index contributed by atoms with van der Waals surface area (Å²) in [6.45, 7) is 1.99. The zero-order valence-corrected chi connectivity index (χ0v) is 11.2. The molecule has 3 rings (SSSR count). The fourth-order valence-electron chi connectivity index (χ4n) is 2.56. The lowest BCUT2D eigenvalue weighted by molar-refractivity contribution is 0.178. The molecule has 4 nitrogen and oxygen atoms in total. The van der Waals surface area contributed by atoms with Gasteiger partial charge in [0.25, 0.3) is 0 Å². The third-order valence-electron chi connectivity index (χ3n) is 3.48. The van der Waals surface area contributed by atoms with Crippen molar-refractivity contribution in [1.29, 1.82) is 5.26 Å². The van der Waals surface area contributed by atoms with E-state index in [1.165, 1.54) is 5.56 Å². The first-order chi connectivity index (χ1) is 9.79. The van der Waals surface area contributed by atoms with Crippen LogP contribution in [0.4, 0.5) is 0 Å². The number of furan rings is 1. The molecule has 1 aliphatic rings. The summed E-state index contributed by atoms with van der Waals surface area (Å²) in [5.41, 5.74) is 2.20. The minimum atomic E-state index is -0.493. The molecule has 100 valence electrons. The number of rotatable bonds is 3. The Morgan fingerprint density at radius 3 is 2.75 bits per heavy atom. The second-order valence-corrected chi connectivity index (χ2v) is 4.89. The molecule has 1 aliphatic heterocycles. The largest absolute Gasteiger partial charge is 0.466 e. The van der Waals surface area contributed by atoms with Gasteiger partial charge in [0.1, 0.15) is 5.76 Å². The SMILES string of the molecule is CC1=NN([C@@H](C#N)c2ccco2)[C@H](c2ccccc2)C1. The topological polar surface area (TPSA) is 52.5 Å². The Morgan fingerprint density at radius 2 is 2.10 bits per heavy atom. The van der Waals surface area contributed by atoms with Crippen LogP contribution < -0.4 is 0 Å². The highest BCUT2D eigenvalue weighted by Gasteiger charge is 2.33. The third-order valence-corrected chi connectivity index (χ3v) is 3.48. The standard InChI is InChI=1S/C16H15N3O/c1-12-10-14(13-6-3-2-4-7-13)19(18-12)15(11-17)16-8-5-9-20-16/h2-9,14-15H,10H2,1H3/t14-,15-/m0/s1. The first kappa shape index (κ1) is 12.5. The summed E-state index contributed by atoms with van der Waals surface area (Å²) < 4.78 is 5.38. The van der Waals surface area contributed by atoms with Gasteiger partial charge in [-0.15, -0.1) is 0 Å². The summed E-state index contributed by atoms with van der Waals surface area (Å²) in [6.07, 6.45) is 2.42. The molecular weight excluding hydrogens is 250 g/mol. The van der Waals surface area contributed by atoms with Gasteiger partial charge in [0, 0.05) is 12.1 Å². The van der Waals surface area contributed by atoms with E-state index in [0.717, 1.165) is 12.1 Å². The molecule has 0 aliphatic carbocycles. The van der Waals surface area contributed by atoms with Gasteiger partial charge in [0.2, 0.25) is 0 Å². The molecule has 2 aromatic rings. The van der Waals surface area contributed by atoms with Gasteiger partial charge < -0.3 is 4.42 Å². The van der Waals surface area contributed by atoms with Crippen molar-refractivity contribution in [2.75, 3.05) is 0 Å². The molecule has 20 heavy (non-hydrogen) atoms. The van der Waals surface area contributed by atoms with Gasteiger partial charge in [-0.3, -0.25) is 5.01 Å². The molecule has 0 radical (unpaired) electrons. The molecule has 0 bridgehead atoms. The number of nitrogens with zero attached hydrogens (tertiary/aromatic N) is 3. The molecule has 0 unspecified atom stereocenters. The van der Waals surface area contributed by atoms with Crippen LogP contribution >= 0.6 is 0 Å². The van der Waals surface area contributed by atoms with Gasteiger partial charge in [-0.2, -0.15) is 10.4 Å². The van der Waals surface area contributed by atoms with Crippen molar-refractivity contribution < 1.29 is 4.42 Å². The van der Waals surface area contributed by atoms with Crippen molar-refractivity contribution in [3.8, 4) is 6.07 Å². The van der Waals surface area contributed by atoms with Gasteiger partial charge in [-0.1, -0.05) is 30.3 Å². The number of hydrazone groups is 1. The Hall–Kier alpha value is -2.54. The van der Waals surface area contributed by atoms with Crippen LogP contribution in [0.2, 0.25) is 0 Å². The molecule has 0 amide bonds. The molecule has 0 spiro atoms. The van der Waals surface area contributed by atoms with E-state index in [9.17, 15) is 5.26 Å². The van der Waals surface area contributed by atoms with E-state index in [-0.39, 0.29) is 6.04 Å². The maximum absolute atomic E-state index is 9.49. The van der Waals surface area contributed by atoms with Gasteiger partial charge in [-0.25, -0.2) is 0 Å². The number of hydrogen-bond donors (Lipinski definition) is 0. The molecule has 1 aromatic heterocycles. The zero-order valence-electron chi connectivity index (χ0n) is 11.2. The summed E-state index contributed by atoms with van der Waals surface area (Å²) in [5.74, 6) is 0.631. The summed E-state index contributed by atoms with van der Waals surface area (Å²) in [7, 11) is 0. The van der Waals surface area contributed by atoms with E-state index < -0.39 is 6.04 Å². The highest BCUT2D eigenvalue weighted by Crippen LogP contribution is 2.37. The van der Waals surface area contributed by atoms with Gasteiger partial charge >= 0.3 is 0 Å². The van der Waals surface area contributed by atoms with Crippen molar-refractivity contribution >= 4 is 5.71 Å². The molecule has 0 saturated carbocycles. The van der Waals surface area contributed by atoms with Crippen LogP contribution in [-0.2, 0) is 0 Å². The van der Waals surface area contributed by atoms with Crippen LogP contribution in [0, 0.1) is 11.3 Å². The number of nitriles is 1. The second kappa shape index (κ2) is 5.22. The van der Waals surface area contributed by atoms with Crippen molar-refractivity contribution in [2.24, 2.45) is 5.10 Å². The molecule has 0 fully saturated rings. The monoisotopic (exact) mass is 265 g/mol. The van der Waals surface area contributed by atoms with E-state index in [1.807, 2.05) is 36.2 Å². The fraction of sp³-hybridized carbons (Fsp3) is 0.250. The molecule has 2 atom stereocenters. The predicted octanol–water partition coefficient (Wildman–Crippen LogP) is 3.67. The zero-order chi connectivity index (χ0) is 13.9. The first-order valence-corrected chi connectivity index (χ1v) is 6.60. The molecule has 4 heteroatoms. The van der Waals surface area contributed by atoms with Crippen LogP contribution in [0.3, 0.4) is 0 Å². The first-order valence-electron chi connectivity index (χ1n) is 6.60. The van der Waals surface area contributed by atoms with E-state index in [0.29, 0.717) is 5.76 Å². The number of benzene rings is 1. The molecule has 2 heterocycles. The van der Waals surface area contributed by atoms with Crippen LogP contribution in [0.25, 0.3) is 0 Å². The maximum atomic E-state index is 9.49. The lowest BCUT2D eigenvalue weighted by Gasteiger charge is -2.26. The highest BCUT2D eigenvalue weighted by molar-refractivity contribution is 5.83. The number of hydrogen-bond acceptors (Lipinski definition) is 4. The van der Waals surface area contributed by atoms with Gasteiger partial charge in [0.15, 0.2) is 6.04 Å². The third kappa shape index (κ3) is 2.19. The average molecular weight is 265 g/mol. The predicted molar refractivity (Wildman–Crippen MR) is 75.8 cm³/mol. The summed E-state index contributed by atoms with van der Waals surface area (Å²) in [4.78, 5) is 0. The fourth-order valence-corrected chi connectivity index (χ4v) is 2.56. The summed E-state index contributed by atoms with van der Waals surface area (Å²) in [5, 5.41) is 15.9. The van der Waals surface area contributed by atoms with E-state index in [1.54, 1.807) is 12.3 Å². The highest BCUT2D eigenvalue weighted by atomic mass is 16.3. The van der Waals surface area contributed by atoms with Crippen LogP contribution in [0.15, 0.2) is 58.2 Å². The van der Waals surface area contributed by atoms with Crippen LogP contribution in [0.5, 0.6) is 0 Å². The lowest BCUT2D eigenvalue weighted by atomic mass is 10.0. The Bertz CT molecular complexity index is 640. The smallest absolute Gasteiger partial charge is 0.191 e. The van der Waals surface area contributed by atoms with Crippen LogP contribution in [0.1, 0.15) is 36.8 Å². The molecular formula is C16H15N3O. The lowest BCUT2D eigenvalue weighted by Crippen LogP contribution is -2.23. The maximum Gasteiger partial charge on any atom is 0.191 e. The van der Waals surface area contributed by atoms with Crippen molar-refractivity contribution in [2.45, 2.75) is 25.4 Å². The normalized spacial score (nSPS) is 19.5. The van der Waals surface area contributed by atoms with Crippen molar-refractivity contribution in [3.63, 3.8) is 0 Å². The van der Waals surface area contributed by atoms with E-state index >= 15 is 0 Å². The second-order valence-electron chi connectivity index (χ2n) is 4.89. The Morgan fingerprint density at radius 1 is 1.30 bits per heavy atom. The van der Waals surface area contributed by atoms with Crippen LogP contribution in [-0.4, -0.2) is 10.7 Å². The van der Waals surface area contributed by atoms with E-state index in [2.05, 4.69) is 23.3 Å². The minimum Gasteiger partial charge on any atom is -0.466 e. The Balaban J connectivity index is 1.95. The molecule has 0 saturated heterocycles. The molecule has 0 N–H and O–H groups in total. The van der Waals surface area contributed by atoms with Crippen molar-refractivity contribution in [1.82, 2.24) is 5.01 Å². The minimum absolute atomic E-state index is 0.0888. The quantitative estimate of drug-likeness (QED) is 0.850. The van der Waals surface area contributed by atoms with Gasteiger partial charge in [0.05, 0.1) is 18.4 Å². The Labute approximate surface area is 117 Å².